The van der Waals surface area contributed by atoms with Gasteiger partial charge in [0.15, 0.2) is 0 Å². The number of amides is 1. The Hall–Kier alpha value is -2.44. The van der Waals surface area contributed by atoms with Crippen molar-refractivity contribution in [2.45, 2.75) is 45.2 Å². The van der Waals surface area contributed by atoms with Crippen molar-refractivity contribution in [1.82, 2.24) is 4.90 Å². The molecule has 0 saturated heterocycles. The molecule has 1 radical (unpaired) electrons. The Morgan fingerprint density at radius 3 is 2.06 bits per heavy atom. The second-order valence-corrected chi connectivity index (χ2v) is 11.1. The lowest BCUT2D eigenvalue weighted by Gasteiger charge is -2.26. The molecule has 2 atom stereocenters. The maximum atomic E-state index is 12.4. The highest BCUT2D eigenvalue weighted by Crippen LogP contribution is 2.44. The number of benzene rings is 3. The maximum Gasteiger partial charge on any atom is 0.318 e. The monoisotopic (exact) mass is 581 g/mol. The summed E-state index contributed by atoms with van der Waals surface area (Å²) in [6, 6.07) is 21.7. The molecule has 1 heterocycles. The van der Waals surface area contributed by atoms with Crippen molar-refractivity contribution >= 4 is 44.1 Å². The second-order valence-electron chi connectivity index (χ2n) is 9.30. The fourth-order valence-corrected chi connectivity index (χ4v) is 4.72. The molecule has 0 unspecified atom stereocenters. The third kappa shape index (κ3) is 4.98. The summed E-state index contributed by atoms with van der Waals surface area (Å²) in [5.74, 6) is 1.29. The highest BCUT2D eigenvalue weighted by Gasteiger charge is 2.40. The average molecular weight is 583 g/mol. The Morgan fingerprint density at radius 2 is 1.53 bits per heavy atom. The van der Waals surface area contributed by atoms with Crippen molar-refractivity contribution in [1.29, 1.82) is 0 Å². The molecule has 0 saturated carbocycles. The number of aliphatic imine (C=N–C) groups is 1. The van der Waals surface area contributed by atoms with Gasteiger partial charge in [0.1, 0.15) is 17.6 Å². The van der Waals surface area contributed by atoms with E-state index in [2.05, 4.69) is 71.2 Å². The van der Waals surface area contributed by atoms with Gasteiger partial charge in [-0.2, -0.15) is 0 Å². The zero-order valence-corrected chi connectivity index (χ0v) is 22.9. The molecule has 0 aromatic heterocycles. The van der Waals surface area contributed by atoms with Gasteiger partial charge in [-0.15, -0.1) is 0 Å². The predicted octanol–water partition coefficient (Wildman–Crippen LogP) is 7.52. The lowest BCUT2D eigenvalue weighted by molar-refractivity contribution is 0.337. The van der Waals surface area contributed by atoms with E-state index in [1.165, 1.54) is 0 Å². The normalized spacial score (nSPS) is 18.1. The molecular weight excluding hydrogens is 556 g/mol. The van der Waals surface area contributed by atoms with Gasteiger partial charge in [-0.25, -0.2) is 0 Å². The Kier molecular flexibility index (Phi) is 7.29. The largest absolute Gasteiger partial charge is 0.493 e. The van der Waals surface area contributed by atoms with Crippen LogP contribution in [0.4, 0.5) is 0 Å². The molecule has 4 rings (SSSR count). The van der Waals surface area contributed by atoms with E-state index in [-0.39, 0.29) is 17.5 Å². The first-order valence-electron chi connectivity index (χ1n) is 11.3. The van der Waals surface area contributed by atoms with E-state index in [1.54, 1.807) is 4.90 Å². The van der Waals surface area contributed by atoms with E-state index in [9.17, 15) is 4.79 Å². The summed E-state index contributed by atoms with van der Waals surface area (Å²) < 4.78 is 8.02. The Bertz CT molecular complexity index is 1200. The van der Waals surface area contributed by atoms with Crippen molar-refractivity contribution in [2.75, 3.05) is 6.61 Å². The highest BCUT2D eigenvalue weighted by molar-refractivity contribution is 9.10. The van der Waals surface area contributed by atoms with E-state index in [1.807, 2.05) is 61.5 Å². The van der Waals surface area contributed by atoms with Gasteiger partial charge in [-0.3, -0.25) is 14.7 Å². The molecule has 1 amide bonds. The summed E-state index contributed by atoms with van der Waals surface area (Å²) in [6.45, 7) is 8.99. The Balaban J connectivity index is 1.88. The van der Waals surface area contributed by atoms with Crippen LogP contribution in [-0.4, -0.2) is 23.8 Å². The van der Waals surface area contributed by atoms with Crippen molar-refractivity contribution in [2.24, 2.45) is 4.99 Å². The third-order valence-electron chi connectivity index (χ3n) is 5.98. The van der Waals surface area contributed by atoms with Crippen LogP contribution in [0.2, 0.25) is 0 Å². The Labute approximate surface area is 218 Å². The SMILES string of the molecule is CCOc1cc(C(C)(C)C)ccc1C1=N[C@@H](c2ccc(Br)cc2)[C@@H](c2ccc(Br)cc2)N1[C]=O. The molecule has 6 heteroatoms. The fraction of sp³-hybridized carbons (Fsp3) is 0.286. The molecule has 3 aromatic rings. The topological polar surface area (TPSA) is 41.9 Å². The third-order valence-corrected chi connectivity index (χ3v) is 7.03. The first-order valence-corrected chi connectivity index (χ1v) is 12.8. The summed E-state index contributed by atoms with van der Waals surface area (Å²) in [5.41, 5.74) is 3.94. The van der Waals surface area contributed by atoms with Gasteiger partial charge in [-0.1, -0.05) is 83.0 Å². The van der Waals surface area contributed by atoms with Crippen molar-refractivity contribution in [3.8, 4) is 5.75 Å². The van der Waals surface area contributed by atoms with Crippen LogP contribution in [0.15, 0.2) is 80.7 Å². The molecule has 0 fully saturated rings. The van der Waals surface area contributed by atoms with E-state index in [0.29, 0.717) is 12.4 Å². The molecule has 0 spiro atoms. The van der Waals surface area contributed by atoms with Crippen LogP contribution < -0.4 is 4.74 Å². The van der Waals surface area contributed by atoms with Crippen LogP contribution in [0, 0.1) is 0 Å². The van der Waals surface area contributed by atoms with Crippen LogP contribution in [0.5, 0.6) is 5.75 Å². The minimum atomic E-state index is -0.321. The smallest absolute Gasteiger partial charge is 0.318 e. The standard InChI is InChI=1S/C28H27Br2N2O2/c1-5-34-24-16-20(28(2,3)4)10-15-23(24)27-31-25(18-6-11-21(29)12-7-18)26(32(27)17-33)19-8-13-22(30)14-9-19/h6-16,25-26H,5H2,1-4H3/t25-,26+/m0/s1. The number of hydrogen-bond donors (Lipinski definition) is 0. The summed E-state index contributed by atoms with van der Waals surface area (Å²) >= 11 is 7.03. The second kappa shape index (κ2) is 10.0. The fourth-order valence-electron chi connectivity index (χ4n) is 4.19. The minimum Gasteiger partial charge on any atom is -0.493 e. The quantitative estimate of drug-likeness (QED) is 0.301. The first kappa shape index (κ1) is 24.7. The van der Waals surface area contributed by atoms with Crippen molar-refractivity contribution < 1.29 is 9.53 Å². The number of carbonyl (C=O) groups excluding carboxylic acids is 1. The molecule has 3 aromatic carbocycles. The summed E-state index contributed by atoms with van der Waals surface area (Å²) in [7, 11) is 0. The molecule has 0 N–H and O–H groups in total. The zero-order chi connectivity index (χ0) is 24.5. The molecule has 0 aliphatic carbocycles. The lowest BCUT2D eigenvalue weighted by Crippen LogP contribution is -2.31. The molecular formula is C28H27Br2N2O2. The first-order chi connectivity index (χ1) is 16.2. The van der Waals surface area contributed by atoms with Gasteiger partial charge in [0.05, 0.1) is 18.2 Å². The number of ether oxygens (including phenoxy) is 1. The van der Waals surface area contributed by atoms with Gasteiger partial charge >= 0.3 is 6.41 Å². The number of amidine groups is 1. The van der Waals surface area contributed by atoms with Gasteiger partial charge in [-0.05, 0) is 65.4 Å². The summed E-state index contributed by atoms with van der Waals surface area (Å²) in [5, 5.41) is 0. The Morgan fingerprint density at radius 1 is 0.941 bits per heavy atom. The van der Waals surface area contributed by atoms with Crippen molar-refractivity contribution in [3.63, 3.8) is 0 Å². The highest BCUT2D eigenvalue weighted by atomic mass is 79.9. The molecule has 1 aliphatic rings. The van der Waals surface area contributed by atoms with Gasteiger partial charge in [0.2, 0.25) is 0 Å². The van der Waals surface area contributed by atoms with Crippen molar-refractivity contribution in [3.05, 3.63) is 97.9 Å². The average Bonchev–Trinajstić information content (AvgIpc) is 3.19. The molecule has 4 nitrogen and oxygen atoms in total. The number of nitrogens with zero attached hydrogens (tertiary/aromatic N) is 2. The van der Waals surface area contributed by atoms with E-state index < -0.39 is 0 Å². The van der Waals surface area contributed by atoms with Gasteiger partial charge < -0.3 is 4.74 Å². The van der Waals surface area contributed by atoms with Crippen LogP contribution in [0.1, 0.15) is 62.0 Å². The number of halogens is 2. The molecule has 175 valence electrons. The maximum absolute atomic E-state index is 12.4. The lowest BCUT2D eigenvalue weighted by atomic mass is 9.86. The van der Waals surface area contributed by atoms with Crippen LogP contribution in [0.25, 0.3) is 0 Å². The van der Waals surface area contributed by atoms with E-state index in [4.69, 9.17) is 9.73 Å². The van der Waals surface area contributed by atoms with E-state index in [0.717, 1.165) is 36.9 Å². The molecule has 34 heavy (non-hydrogen) atoms. The van der Waals surface area contributed by atoms with E-state index >= 15 is 0 Å². The number of hydrogen-bond acceptors (Lipinski definition) is 3. The van der Waals surface area contributed by atoms with Gasteiger partial charge in [0.25, 0.3) is 0 Å². The van der Waals surface area contributed by atoms with Crippen LogP contribution in [-0.2, 0) is 10.2 Å². The summed E-state index contributed by atoms with van der Waals surface area (Å²) in [4.78, 5) is 19.1. The van der Waals surface area contributed by atoms with Gasteiger partial charge in [0, 0.05) is 8.95 Å². The number of rotatable bonds is 6. The zero-order valence-electron chi connectivity index (χ0n) is 19.7. The minimum absolute atomic E-state index is 0.0295. The predicted molar refractivity (Wildman–Crippen MR) is 144 cm³/mol. The van der Waals surface area contributed by atoms with Crippen LogP contribution >= 0.6 is 31.9 Å². The molecule has 0 bridgehead atoms. The molecule has 1 aliphatic heterocycles. The van der Waals surface area contributed by atoms with Crippen LogP contribution in [0.3, 0.4) is 0 Å². The summed E-state index contributed by atoms with van der Waals surface area (Å²) in [6.07, 6.45) is 2.18.